The maximum Gasteiger partial charge on any atom is 0.353 e. The van der Waals surface area contributed by atoms with E-state index in [1.807, 2.05) is 54.6 Å². The molecule has 0 saturated heterocycles. The fourth-order valence-corrected chi connectivity index (χ4v) is 3.87. The predicted octanol–water partition coefficient (Wildman–Crippen LogP) is 2.55. The Bertz CT molecular complexity index is 1150. The zero-order valence-corrected chi connectivity index (χ0v) is 19.9. The van der Waals surface area contributed by atoms with E-state index >= 15 is 0 Å². The summed E-state index contributed by atoms with van der Waals surface area (Å²) in [4.78, 5) is 69.2. The molecular weight excluding hydrogens is 484 g/mol. The van der Waals surface area contributed by atoms with Gasteiger partial charge in [-0.05, 0) is 36.1 Å². The number of ether oxygens (including phenoxy) is 1. The molecule has 0 spiro atoms. The Balaban J connectivity index is 1.65. The second-order valence-electron chi connectivity index (χ2n) is 8.08. The lowest BCUT2D eigenvalue weighted by molar-refractivity contribution is -0.372. The van der Waals surface area contributed by atoms with Crippen LogP contribution in [0.25, 0.3) is 0 Å². The summed E-state index contributed by atoms with van der Waals surface area (Å²) in [6.45, 7) is -0.288. The van der Waals surface area contributed by atoms with E-state index < -0.39 is 29.9 Å². The Hall–Kier alpha value is -4.48. The summed E-state index contributed by atoms with van der Waals surface area (Å²) in [7, 11) is 1.59. The number of hydrogen-bond acceptors (Lipinski definition) is 11. The number of methoxy groups -OCH3 is 1. The molecule has 11 heteroatoms. The van der Waals surface area contributed by atoms with E-state index in [1.54, 1.807) is 7.11 Å². The van der Waals surface area contributed by atoms with Crippen molar-refractivity contribution in [1.29, 1.82) is 0 Å². The van der Waals surface area contributed by atoms with E-state index in [0.29, 0.717) is 17.4 Å². The van der Waals surface area contributed by atoms with Crippen molar-refractivity contribution >= 4 is 23.9 Å². The Morgan fingerprint density at radius 1 is 0.757 bits per heavy atom. The molecule has 11 nitrogen and oxygen atoms in total. The fourth-order valence-electron chi connectivity index (χ4n) is 3.87. The highest BCUT2D eigenvalue weighted by atomic mass is 17.0. The zero-order chi connectivity index (χ0) is 26.2. The number of fused-ring (bicyclic) bond motifs is 3. The Kier molecular flexibility index (Phi) is 8.29. The first-order chi connectivity index (χ1) is 17.9. The third-order valence-electron chi connectivity index (χ3n) is 5.62. The van der Waals surface area contributed by atoms with E-state index in [-0.39, 0.29) is 18.9 Å². The summed E-state index contributed by atoms with van der Waals surface area (Å²) in [5.74, 6) is -3.25. The average Bonchev–Trinajstić information content (AvgIpc) is 2.90. The minimum Gasteiger partial charge on any atom is -0.497 e. The lowest BCUT2D eigenvalue weighted by atomic mass is 9.86. The summed E-state index contributed by atoms with van der Waals surface area (Å²) in [5.41, 5.74) is 2.02. The highest BCUT2D eigenvalue weighted by molar-refractivity contribution is 5.92. The summed E-state index contributed by atoms with van der Waals surface area (Å²) in [5, 5.41) is 1.40. The van der Waals surface area contributed by atoms with Gasteiger partial charge < -0.3 is 24.1 Å². The SMILES string of the molecule is COc1ccc(C(CCC2CN3OC(=O)/C=C\C(=O)ON2OC(=O)/C=C\C(=O)O3)c2ccccc2)cc1. The van der Waals surface area contributed by atoms with Crippen LogP contribution in [-0.4, -0.2) is 54.0 Å². The zero-order valence-electron chi connectivity index (χ0n) is 19.9. The van der Waals surface area contributed by atoms with Gasteiger partial charge in [0.25, 0.3) is 0 Å². The number of carbonyl (C=O) groups excluding carboxylic acids is 4. The summed E-state index contributed by atoms with van der Waals surface area (Å²) in [6.07, 6.45) is 3.92. The van der Waals surface area contributed by atoms with Crippen molar-refractivity contribution in [1.82, 2.24) is 10.5 Å². The van der Waals surface area contributed by atoms with Crippen LogP contribution in [0.5, 0.6) is 5.75 Å². The molecule has 4 rings (SSSR count). The van der Waals surface area contributed by atoms with Gasteiger partial charge in [-0.1, -0.05) is 42.5 Å². The molecule has 2 bridgehead atoms. The number of hydroxylamine groups is 4. The summed E-state index contributed by atoms with van der Waals surface area (Å²) < 4.78 is 5.27. The van der Waals surface area contributed by atoms with Gasteiger partial charge in [-0.25, -0.2) is 19.2 Å². The molecule has 2 aromatic carbocycles. The number of benzene rings is 2. The average molecular weight is 508 g/mol. The normalized spacial score (nSPS) is 24.5. The molecule has 192 valence electrons. The van der Waals surface area contributed by atoms with Crippen molar-refractivity contribution in [3.05, 3.63) is 90.0 Å². The second-order valence-corrected chi connectivity index (χ2v) is 8.08. The smallest absolute Gasteiger partial charge is 0.353 e. The van der Waals surface area contributed by atoms with Gasteiger partial charge in [0.05, 0.1) is 13.7 Å². The molecule has 37 heavy (non-hydrogen) atoms. The van der Waals surface area contributed by atoms with E-state index in [2.05, 4.69) is 0 Å². The lowest BCUT2D eigenvalue weighted by Gasteiger charge is -2.31. The minimum absolute atomic E-state index is 0.109. The van der Waals surface area contributed by atoms with Crippen molar-refractivity contribution in [2.75, 3.05) is 13.7 Å². The number of hydrogen-bond donors (Lipinski definition) is 0. The summed E-state index contributed by atoms with van der Waals surface area (Å²) >= 11 is 0. The molecule has 0 amide bonds. The van der Waals surface area contributed by atoms with Crippen LogP contribution in [0.3, 0.4) is 0 Å². The predicted molar refractivity (Wildman–Crippen MR) is 125 cm³/mol. The van der Waals surface area contributed by atoms with E-state index in [0.717, 1.165) is 40.7 Å². The highest BCUT2D eigenvalue weighted by Gasteiger charge is 2.34. The maximum absolute atomic E-state index is 12.3. The molecule has 0 aliphatic carbocycles. The Morgan fingerprint density at radius 3 is 1.81 bits per heavy atom. The van der Waals surface area contributed by atoms with Gasteiger partial charge in [-0.15, -0.1) is 0 Å². The molecule has 2 heterocycles. The van der Waals surface area contributed by atoms with E-state index in [4.69, 9.17) is 24.1 Å². The first-order valence-corrected chi connectivity index (χ1v) is 11.4. The Labute approximate surface area is 212 Å². The second kappa shape index (κ2) is 12.0. The van der Waals surface area contributed by atoms with Crippen LogP contribution < -0.4 is 4.74 Å². The lowest BCUT2D eigenvalue weighted by Crippen LogP contribution is -2.47. The van der Waals surface area contributed by atoms with Crippen molar-refractivity contribution in [2.45, 2.75) is 24.8 Å². The molecule has 0 N–H and O–H groups in total. The monoisotopic (exact) mass is 508 g/mol. The quantitative estimate of drug-likeness (QED) is 0.572. The topological polar surface area (TPSA) is 121 Å². The van der Waals surface area contributed by atoms with Crippen LogP contribution in [-0.2, 0) is 38.5 Å². The third-order valence-corrected chi connectivity index (χ3v) is 5.62. The fraction of sp³-hybridized carbons (Fsp3) is 0.231. The van der Waals surface area contributed by atoms with Gasteiger partial charge >= 0.3 is 23.9 Å². The van der Waals surface area contributed by atoms with Gasteiger partial charge in [0.1, 0.15) is 11.8 Å². The largest absolute Gasteiger partial charge is 0.497 e. The molecule has 2 aliphatic rings. The number of carbonyl (C=O) groups is 4. The van der Waals surface area contributed by atoms with Crippen LogP contribution >= 0.6 is 0 Å². The van der Waals surface area contributed by atoms with Crippen LogP contribution in [0, 0.1) is 0 Å². The maximum atomic E-state index is 12.3. The van der Waals surface area contributed by atoms with Crippen molar-refractivity contribution < 1.29 is 43.3 Å². The van der Waals surface area contributed by atoms with Crippen LogP contribution in [0.1, 0.15) is 29.9 Å². The van der Waals surface area contributed by atoms with Gasteiger partial charge in [0.15, 0.2) is 0 Å². The van der Waals surface area contributed by atoms with Gasteiger partial charge in [0, 0.05) is 40.7 Å². The van der Waals surface area contributed by atoms with Gasteiger partial charge in [-0.3, -0.25) is 0 Å². The first kappa shape index (κ1) is 25.6. The molecule has 0 aromatic heterocycles. The summed E-state index contributed by atoms with van der Waals surface area (Å²) in [6, 6.07) is 16.5. The molecule has 0 saturated carbocycles. The molecule has 2 atom stereocenters. The number of rotatable bonds is 6. The van der Waals surface area contributed by atoms with Crippen LogP contribution in [0.4, 0.5) is 0 Å². The van der Waals surface area contributed by atoms with Gasteiger partial charge in [0.2, 0.25) is 0 Å². The minimum atomic E-state index is -0.963. The highest BCUT2D eigenvalue weighted by Crippen LogP contribution is 2.32. The molecule has 2 aromatic rings. The van der Waals surface area contributed by atoms with Crippen molar-refractivity contribution in [2.24, 2.45) is 0 Å². The molecule has 2 aliphatic heterocycles. The van der Waals surface area contributed by atoms with E-state index in [9.17, 15) is 19.2 Å². The van der Waals surface area contributed by atoms with Gasteiger partial charge in [-0.2, -0.15) is 0 Å². The first-order valence-electron chi connectivity index (χ1n) is 11.4. The van der Waals surface area contributed by atoms with E-state index in [1.165, 1.54) is 0 Å². The Morgan fingerprint density at radius 2 is 1.27 bits per heavy atom. The third kappa shape index (κ3) is 7.03. The van der Waals surface area contributed by atoms with Crippen LogP contribution in [0.2, 0.25) is 0 Å². The molecule has 0 fully saturated rings. The molecule has 0 radical (unpaired) electrons. The standard InChI is InChI=1S/C26H24N2O9/c1-33-21-10-7-19(8-11-21)22(18-5-3-2-4-6-18)12-9-20-17-27-34-23(29)13-15-25(31)36-28(20)37-26(32)16-14-24(30)35-27/h2-8,10-11,13-16,20,22H,9,12,17H2,1H3/b15-13-,16-14-. The van der Waals surface area contributed by atoms with Crippen LogP contribution in [0.15, 0.2) is 78.9 Å². The number of nitrogens with zero attached hydrogens (tertiary/aromatic N) is 2. The van der Waals surface area contributed by atoms with Crippen molar-refractivity contribution in [3.63, 3.8) is 0 Å². The van der Waals surface area contributed by atoms with Crippen molar-refractivity contribution in [3.8, 4) is 5.75 Å². The molecular formula is C26H24N2O9. The molecule has 2 unspecified atom stereocenters.